The predicted octanol–water partition coefficient (Wildman–Crippen LogP) is 2.21. The van der Waals surface area contributed by atoms with E-state index in [9.17, 15) is 9.59 Å². The molecular weight excluding hydrogens is 290 g/mol. The molecule has 5 heteroatoms. The minimum Gasteiger partial charge on any atom is -0.338 e. The van der Waals surface area contributed by atoms with E-state index in [1.165, 1.54) is 5.56 Å². The van der Waals surface area contributed by atoms with Gasteiger partial charge in [-0.25, -0.2) is 4.98 Å². The Morgan fingerprint density at radius 3 is 2.87 bits per heavy atom. The molecule has 2 amide bonds. The molecule has 1 aromatic heterocycles. The van der Waals surface area contributed by atoms with Crippen LogP contribution in [0.1, 0.15) is 33.8 Å². The summed E-state index contributed by atoms with van der Waals surface area (Å²) in [6, 6.07) is 12.0. The zero-order valence-electron chi connectivity index (χ0n) is 12.7. The van der Waals surface area contributed by atoms with Crippen LogP contribution in [-0.2, 0) is 11.2 Å². The van der Waals surface area contributed by atoms with Gasteiger partial charge >= 0.3 is 0 Å². The predicted molar refractivity (Wildman–Crippen MR) is 86.3 cm³/mol. The summed E-state index contributed by atoms with van der Waals surface area (Å²) in [5.74, 6) is 0.810. The Bertz CT molecular complexity index is 773. The molecule has 2 aromatic rings. The van der Waals surface area contributed by atoms with Crippen molar-refractivity contribution in [1.29, 1.82) is 0 Å². The first kappa shape index (κ1) is 13.9. The molecule has 0 radical (unpaired) electrons. The second-order valence-corrected chi connectivity index (χ2v) is 6.06. The van der Waals surface area contributed by atoms with Crippen LogP contribution in [-0.4, -0.2) is 34.8 Å². The van der Waals surface area contributed by atoms with Crippen LogP contribution in [0.25, 0.3) is 0 Å². The molecule has 3 heterocycles. The van der Waals surface area contributed by atoms with Crippen LogP contribution in [0.2, 0.25) is 0 Å². The molecule has 0 saturated carbocycles. The van der Waals surface area contributed by atoms with Crippen molar-refractivity contribution in [3.05, 3.63) is 59.3 Å². The first-order valence-corrected chi connectivity index (χ1v) is 7.84. The molecule has 0 aliphatic carbocycles. The molecule has 4 rings (SSSR count). The van der Waals surface area contributed by atoms with E-state index >= 15 is 0 Å². The first-order chi connectivity index (χ1) is 11.2. The summed E-state index contributed by atoms with van der Waals surface area (Å²) in [5, 5.41) is 2.70. The van der Waals surface area contributed by atoms with Gasteiger partial charge in [-0.15, -0.1) is 0 Å². The highest BCUT2D eigenvalue weighted by Crippen LogP contribution is 2.30. The zero-order chi connectivity index (χ0) is 15.8. The molecule has 23 heavy (non-hydrogen) atoms. The minimum absolute atomic E-state index is 0.00131. The Hall–Kier alpha value is -2.69. The molecule has 1 atom stereocenters. The third-order valence-electron chi connectivity index (χ3n) is 4.63. The lowest BCUT2D eigenvalue weighted by atomic mass is 9.99. The van der Waals surface area contributed by atoms with Crippen molar-refractivity contribution in [2.75, 3.05) is 18.4 Å². The number of fused-ring (bicyclic) bond motifs is 1. The maximum Gasteiger partial charge on any atom is 0.254 e. The monoisotopic (exact) mass is 307 g/mol. The molecular formula is C18H17N3O2. The minimum atomic E-state index is -0.101. The van der Waals surface area contributed by atoms with E-state index in [0.29, 0.717) is 17.3 Å². The van der Waals surface area contributed by atoms with Crippen LogP contribution in [0.5, 0.6) is 0 Å². The summed E-state index contributed by atoms with van der Waals surface area (Å²) in [6.07, 6.45) is 2.79. The van der Waals surface area contributed by atoms with Crippen molar-refractivity contribution in [2.24, 2.45) is 0 Å². The lowest BCUT2D eigenvalue weighted by Crippen LogP contribution is -2.29. The third kappa shape index (κ3) is 2.48. The average Bonchev–Trinajstić information content (AvgIpc) is 3.20. The maximum atomic E-state index is 12.8. The Morgan fingerprint density at radius 2 is 2.04 bits per heavy atom. The molecule has 116 valence electrons. The highest BCUT2D eigenvalue weighted by Gasteiger charge is 2.31. The van der Waals surface area contributed by atoms with E-state index in [2.05, 4.69) is 22.4 Å². The van der Waals surface area contributed by atoms with Crippen molar-refractivity contribution in [1.82, 2.24) is 9.88 Å². The van der Waals surface area contributed by atoms with Crippen molar-refractivity contribution in [3.8, 4) is 0 Å². The number of nitrogens with zero attached hydrogens (tertiary/aromatic N) is 2. The third-order valence-corrected chi connectivity index (χ3v) is 4.63. The van der Waals surface area contributed by atoms with Crippen LogP contribution in [0, 0.1) is 0 Å². The lowest BCUT2D eigenvalue weighted by molar-refractivity contribution is -0.115. The van der Waals surface area contributed by atoms with Gasteiger partial charge in [-0.2, -0.15) is 0 Å². The fourth-order valence-electron chi connectivity index (χ4n) is 3.43. The quantitative estimate of drug-likeness (QED) is 0.925. The molecule has 1 fully saturated rings. The molecule has 1 saturated heterocycles. The van der Waals surface area contributed by atoms with E-state index < -0.39 is 0 Å². The molecule has 2 aliphatic heterocycles. The van der Waals surface area contributed by atoms with Gasteiger partial charge in [0, 0.05) is 36.3 Å². The molecule has 2 aliphatic rings. The second-order valence-electron chi connectivity index (χ2n) is 6.06. The fourth-order valence-corrected chi connectivity index (χ4v) is 3.43. The van der Waals surface area contributed by atoms with Gasteiger partial charge in [-0.3, -0.25) is 9.59 Å². The van der Waals surface area contributed by atoms with Crippen molar-refractivity contribution in [3.63, 3.8) is 0 Å². The van der Waals surface area contributed by atoms with Gasteiger partial charge < -0.3 is 10.2 Å². The van der Waals surface area contributed by atoms with Gasteiger partial charge in [0.1, 0.15) is 5.82 Å². The smallest absolute Gasteiger partial charge is 0.254 e. The van der Waals surface area contributed by atoms with Gasteiger partial charge in [0.25, 0.3) is 5.91 Å². The van der Waals surface area contributed by atoms with E-state index in [1.54, 1.807) is 12.3 Å². The number of pyridine rings is 1. The Morgan fingerprint density at radius 1 is 1.22 bits per heavy atom. The van der Waals surface area contributed by atoms with E-state index in [4.69, 9.17) is 0 Å². The van der Waals surface area contributed by atoms with E-state index in [0.717, 1.165) is 25.1 Å². The molecule has 0 spiro atoms. The average molecular weight is 307 g/mol. The number of amides is 2. The second kappa shape index (κ2) is 5.50. The number of carbonyl (C=O) groups is 2. The van der Waals surface area contributed by atoms with E-state index in [1.807, 2.05) is 23.1 Å². The first-order valence-electron chi connectivity index (χ1n) is 7.84. The normalized spacial score (nSPS) is 19.6. The van der Waals surface area contributed by atoms with Crippen LogP contribution in [0.3, 0.4) is 0 Å². The fraction of sp³-hybridized carbons (Fsp3) is 0.278. The van der Waals surface area contributed by atoms with Gasteiger partial charge in [0.15, 0.2) is 0 Å². The summed E-state index contributed by atoms with van der Waals surface area (Å²) in [7, 11) is 0. The SMILES string of the molecule is O=C1Cc2c(C(=O)N3CCC(c4ccccc4)C3)ccnc2N1. The molecule has 1 unspecified atom stereocenters. The molecule has 0 bridgehead atoms. The number of nitrogens with one attached hydrogen (secondary N) is 1. The number of benzene rings is 1. The van der Waals surface area contributed by atoms with Crippen molar-refractivity contribution < 1.29 is 9.59 Å². The zero-order valence-corrected chi connectivity index (χ0v) is 12.7. The Labute approximate surface area is 134 Å². The van der Waals surface area contributed by atoms with Gasteiger partial charge in [-0.1, -0.05) is 30.3 Å². The number of likely N-dealkylation sites (tertiary alicyclic amines) is 1. The van der Waals surface area contributed by atoms with Gasteiger partial charge in [0.2, 0.25) is 5.91 Å². The largest absolute Gasteiger partial charge is 0.338 e. The summed E-state index contributed by atoms with van der Waals surface area (Å²) in [5.41, 5.74) is 2.60. The van der Waals surface area contributed by atoms with Crippen LogP contribution >= 0.6 is 0 Å². The number of rotatable bonds is 2. The summed E-state index contributed by atoms with van der Waals surface area (Å²) < 4.78 is 0. The summed E-state index contributed by atoms with van der Waals surface area (Å²) in [4.78, 5) is 30.4. The van der Waals surface area contributed by atoms with Crippen molar-refractivity contribution in [2.45, 2.75) is 18.8 Å². The highest BCUT2D eigenvalue weighted by molar-refractivity contribution is 6.04. The molecule has 5 nitrogen and oxygen atoms in total. The number of aromatic nitrogens is 1. The van der Waals surface area contributed by atoms with Crippen LogP contribution in [0.4, 0.5) is 5.82 Å². The van der Waals surface area contributed by atoms with Gasteiger partial charge in [0.05, 0.1) is 6.42 Å². The number of anilines is 1. The van der Waals surface area contributed by atoms with E-state index in [-0.39, 0.29) is 18.2 Å². The van der Waals surface area contributed by atoms with Crippen LogP contribution in [0.15, 0.2) is 42.6 Å². The van der Waals surface area contributed by atoms with Crippen molar-refractivity contribution >= 4 is 17.6 Å². The lowest BCUT2D eigenvalue weighted by Gasteiger charge is -2.18. The highest BCUT2D eigenvalue weighted by atomic mass is 16.2. The van der Waals surface area contributed by atoms with Crippen LogP contribution < -0.4 is 5.32 Å². The number of hydrogen-bond acceptors (Lipinski definition) is 3. The summed E-state index contributed by atoms with van der Waals surface area (Å²) in [6.45, 7) is 1.47. The molecule has 1 N–H and O–H groups in total. The summed E-state index contributed by atoms with van der Waals surface area (Å²) >= 11 is 0. The Kier molecular flexibility index (Phi) is 3.33. The topological polar surface area (TPSA) is 62.3 Å². The maximum absolute atomic E-state index is 12.8. The number of hydrogen-bond donors (Lipinski definition) is 1. The number of carbonyl (C=O) groups excluding carboxylic acids is 2. The van der Waals surface area contributed by atoms with Gasteiger partial charge in [-0.05, 0) is 18.1 Å². The standard InChI is InChI=1S/C18H17N3O2/c22-16-10-15-14(6-8-19-17(15)20-16)18(23)21-9-7-13(11-21)12-4-2-1-3-5-12/h1-6,8,13H,7,9-11H2,(H,19,20,22). The Balaban J connectivity index is 1.55. The molecule has 1 aromatic carbocycles.